The van der Waals surface area contributed by atoms with E-state index in [4.69, 9.17) is 33.7 Å². The molecule has 1 aromatic heterocycles. The summed E-state index contributed by atoms with van der Waals surface area (Å²) in [5.41, 5.74) is 3.69. The monoisotopic (exact) mass is 807 g/mol. The first-order valence-electron chi connectivity index (χ1n) is 20.9. The van der Waals surface area contributed by atoms with Crippen LogP contribution in [0.2, 0.25) is 0 Å². The fraction of sp³-hybridized carbons (Fsp3) is 0.622. The molecule has 1 aliphatic heterocycles. The Morgan fingerprint density at radius 3 is 2.53 bits per heavy atom. The summed E-state index contributed by atoms with van der Waals surface area (Å²) in [7, 11) is 0. The van der Waals surface area contributed by atoms with E-state index < -0.39 is 29.4 Å². The molecule has 58 heavy (non-hydrogen) atoms. The van der Waals surface area contributed by atoms with Gasteiger partial charge in [0.2, 0.25) is 5.79 Å². The maximum Gasteiger partial charge on any atom is 0.410 e. The molecule has 0 spiro atoms. The predicted octanol–water partition coefficient (Wildman–Crippen LogP) is 6.87. The van der Waals surface area contributed by atoms with Crippen LogP contribution >= 0.6 is 0 Å². The first-order valence-corrected chi connectivity index (χ1v) is 20.9. The number of aliphatic hydroxyl groups excluding tert-OH is 3. The van der Waals surface area contributed by atoms with Crippen molar-refractivity contribution in [3.8, 4) is 11.5 Å². The lowest BCUT2D eigenvalue weighted by atomic mass is 9.55. The number of aryl methyl sites for hydroxylation is 1. The Labute approximate surface area is 344 Å². The van der Waals surface area contributed by atoms with Gasteiger partial charge in [0.15, 0.2) is 0 Å². The maximum atomic E-state index is 14.1. The molecule has 2 heterocycles. The number of amides is 1. The normalized spacial score (nSPS) is 24.2. The van der Waals surface area contributed by atoms with Gasteiger partial charge in [-0.1, -0.05) is 36.2 Å². The Kier molecular flexibility index (Phi) is 16.6. The highest BCUT2D eigenvalue weighted by molar-refractivity contribution is 6.03. The quantitative estimate of drug-likeness (QED) is 0.0647. The van der Waals surface area contributed by atoms with Crippen LogP contribution in [0.1, 0.15) is 95.5 Å². The largest absolute Gasteiger partial charge is 0.487 e. The van der Waals surface area contributed by atoms with Gasteiger partial charge in [-0.05, 0) is 108 Å². The van der Waals surface area contributed by atoms with Gasteiger partial charge in [-0.15, -0.1) is 6.58 Å². The number of unbranched alkanes of at least 4 members (excludes halogenated alkanes) is 2. The number of rotatable bonds is 22. The number of benzene rings is 1. The lowest BCUT2D eigenvalue weighted by molar-refractivity contribution is -0.256. The first-order chi connectivity index (χ1) is 28.0. The lowest BCUT2D eigenvalue weighted by Gasteiger charge is -2.59. The molecule has 1 aromatic carbocycles. The van der Waals surface area contributed by atoms with Crippen LogP contribution in [0.25, 0.3) is 0 Å². The number of allylic oxidation sites excluding steroid dienone is 1. The summed E-state index contributed by atoms with van der Waals surface area (Å²) in [5, 5.41) is 34.1. The molecule has 5 rings (SSSR count). The van der Waals surface area contributed by atoms with Crippen LogP contribution in [0.5, 0.6) is 11.5 Å². The third-order valence-electron chi connectivity index (χ3n) is 11.0. The van der Waals surface area contributed by atoms with E-state index in [2.05, 4.69) is 23.7 Å². The summed E-state index contributed by atoms with van der Waals surface area (Å²) >= 11 is 0. The second kappa shape index (κ2) is 21.3. The third-order valence-corrected chi connectivity index (χ3v) is 11.0. The van der Waals surface area contributed by atoms with E-state index in [-0.39, 0.29) is 83.6 Å². The van der Waals surface area contributed by atoms with Crippen LogP contribution in [0.3, 0.4) is 0 Å². The average Bonchev–Trinajstić information content (AvgIpc) is 3.20. The van der Waals surface area contributed by atoms with Gasteiger partial charge in [0, 0.05) is 43.4 Å². The molecule has 2 aromatic rings. The number of fused-ring (bicyclic) bond motifs is 2. The smallest absolute Gasteiger partial charge is 0.410 e. The van der Waals surface area contributed by atoms with E-state index in [9.17, 15) is 20.1 Å². The second-order valence-electron chi connectivity index (χ2n) is 16.3. The van der Waals surface area contributed by atoms with Gasteiger partial charge in [-0.3, -0.25) is 9.88 Å². The number of ether oxygens (including phenoxy) is 5. The number of aromatic nitrogens is 1. The summed E-state index contributed by atoms with van der Waals surface area (Å²) in [6.07, 6.45) is 8.25. The molecule has 320 valence electrons. The molecule has 0 radical (unpaired) electrons. The standard InChI is InChI=1S/C45H65N3O10/c1-7-24-56-45-40(48(43(52)54-8-2)20-25-53-26-23-51)29-38(47-58-44(4,5)6)36-27-32(15-9-11-21-49)35(17-10-12-22-50)41(42(36)45)37-28-34(18-19-39(37)57-45)55-30-33-16-13-14-31(3)46-33/h7,13-14,16,18-19,27-28,32,35,40-42,49-51H,1,8-12,15,17,20-26,29-30H2,2-6H3/t32-,35+,40-,41+,42+,45+/m0/s1. The fourth-order valence-electron chi connectivity index (χ4n) is 8.68. The number of oxime groups is 1. The molecule has 13 nitrogen and oxygen atoms in total. The topological polar surface area (TPSA) is 162 Å². The fourth-order valence-corrected chi connectivity index (χ4v) is 8.68. The van der Waals surface area contributed by atoms with Crippen molar-refractivity contribution >= 4 is 11.8 Å². The maximum absolute atomic E-state index is 14.1. The van der Waals surface area contributed by atoms with E-state index in [1.165, 1.54) is 0 Å². The minimum absolute atomic E-state index is 0.0505. The number of pyridine rings is 1. The number of carbonyl (C=O) groups is 1. The number of hydrogen-bond acceptors (Lipinski definition) is 12. The molecule has 1 amide bonds. The highest BCUT2D eigenvalue weighted by atomic mass is 16.7. The predicted molar refractivity (Wildman–Crippen MR) is 221 cm³/mol. The Morgan fingerprint density at radius 1 is 1.07 bits per heavy atom. The van der Waals surface area contributed by atoms with E-state index in [1.54, 1.807) is 17.9 Å². The summed E-state index contributed by atoms with van der Waals surface area (Å²) in [6, 6.07) is 11.0. The number of hydrogen-bond donors (Lipinski definition) is 3. The van der Waals surface area contributed by atoms with Gasteiger partial charge in [0.05, 0.1) is 50.4 Å². The van der Waals surface area contributed by atoms with Crippen LogP contribution in [0.4, 0.5) is 4.79 Å². The Balaban J connectivity index is 1.76. The molecule has 3 aliphatic rings. The molecule has 0 unspecified atom stereocenters. The van der Waals surface area contributed by atoms with Crippen molar-refractivity contribution in [2.75, 3.05) is 52.8 Å². The Morgan fingerprint density at radius 2 is 1.84 bits per heavy atom. The molecular formula is C45H65N3O10. The van der Waals surface area contributed by atoms with Crippen molar-refractivity contribution < 1.29 is 48.6 Å². The first kappa shape index (κ1) is 45.1. The van der Waals surface area contributed by atoms with Crippen LogP contribution in [0, 0.1) is 24.7 Å². The SMILES string of the molecule is C=CCO[C@@]12Oc3ccc(OCc4cccc(C)n4)cc3[C@H]3[C@H](CCCCO)[C@@H](CCCCO)C=C(C(=NOC(C)(C)C)C[C@@H]1N(CCOCCO)C(=O)OCC)[C@H]32. The summed E-state index contributed by atoms with van der Waals surface area (Å²) < 4.78 is 32.1. The number of nitrogens with zero attached hydrogens (tertiary/aromatic N) is 3. The molecule has 3 N–H and O–H groups in total. The van der Waals surface area contributed by atoms with Crippen molar-refractivity contribution in [1.29, 1.82) is 0 Å². The lowest BCUT2D eigenvalue weighted by Crippen LogP contribution is -2.70. The Hall–Kier alpha value is -4.01. The minimum atomic E-state index is -1.44. The van der Waals surface area contributed by atoms with Crippen LogP contribution < -0.4 is 9.47 Å². The van der Waals surface area contributed by atoms with Crippen molar-refractivity contribution in [3.05, 3.63) is 77.7 Å². The van der Waals surface area contributed by atoms with Crippen molar-refractivity contribution in [1.82, 2.24) is 9.88 Å². The van der Waals surface area contributed by atoms with Gasteiger partial charge in [0.1, 0.15) is 29.7 Å². The summed E-state index contributed by atoms with van der Waals surface area (Å²) in [5.74, 6) is -0.738. The molecule has 0 saturated heterocycles. The van der Waals surface area contributed by atoms with Gasteiger partial charge in [0.25, 0.3) is 0 Å². The van der Waals surface area contributed by atoms with Gasteiger partial charge >= 0.3 is 6.09 Å². The van der Waals surface area contributed by atoms with E-state index >= 15 is 0 Å². The van der Waals surface area contributed by atoms with Crippen molar-refractivity contribution in [3.63, 3.8) is 0 Å². The van der Waals surface area contributed by atoms with Gasteiger partial charge < -0.3 is 43.8 Å². The number of carbonyl (C=O) groups excluding carboxylic acids is 1. The van der Waals surface area contributed by atoms with E-state index in [0.29, 0.717) is 30.1 Å². The van der Waals surface area contributed by atoms with E-state index in [0.717, 1.165) is 48.2 Å². The Bertz CT molecular complexity index is 1710. The van der Waals surface area contributed by atoms with Gasteiger partial charge in [-0.25, -0.2) is 4.79 Å². The summed E-state index contributed by atoms with van der Waals surface area (Å²) in [6.45, 7) is 14.5. The van der Waals surface area contributed by atoms with Crippen molar-refractivity contribution in [2.45, 2.75) is 110 Å². The highest BCUT2D eigenvalue weighted by Gasteiger charge is 2.65. The zero-order valence-electron chi connectivity index (χ0n) is 35.1. The highest BCUT2D eigenvalue weighted by Crippen LogP contribution is 2.62. The molecule has 0 bridgehead atoms. The van der Waals surface area contributed by atoms with Gasteiger partial charge in [-0.2, -0.15) is 0 Å². The second-order valence-corrected chi connectivity index (χ2v) is 16.3. The zero-order chi connectivity index (χ0) is 41.7. The summed E-state index contributed by atoms with van der Waals surface area (Å²) in [4.78, 5) is 26.6. The molecule has 1 saturated carbocycles. The minimum Gasteiger partial charge on any atom is -0.487 e. The average molecular weight is 808 g/mol. The van der Waals surface area contributed by atoms with Crippen LogP contribution in [-0.2, 0) is 25.7 Å². The molecular weight excluding hydrogens is 743 g/mol. The molecule has 2 aliphatic carbocycles. The molecule has 1 fully saturated rings. The van der Waals surface area contributed by atoms with Crippen LogP contribution in [-0.4, -0.2) is 107 Å². The van der Waals surface area contributed by atoms with Crippen molar-refractivity contribution in [2.24, 2.45) is 22.9 Å². The number of aliphatic hydroxyl groups is 3. The third kappa shape index (κ3) is 11.0. The molecule has 13 heteroatoms. The zero-order valence-corrected chi connectivity index (χ0v) is 35.1. The van der Waals surface area contributed by atoms with Crippen LogP contribution in [0.15, 0.2) is 65.9 Å². The van der Waals surface area contributed by atoms with E-state index in [1.807, 2.05) is 58.0 Å². The molecule has 6 atom stereocenters.